The van der Waals surface area contributed by atoms with Crippen molar-refractivity contribution in [3.8, 4) is 0 Å². The van der Waals surface area contributed by atoms with Gasteiger partial charge in [-0.25, -0.2) is 4.98 Å². The Hall–Kier alpha value is -1.68. The van der Waals surface area contributed by atoms with Crippen molar-refractivity contribution in [1.29, 1.82) is 0 Å². The Labute approximate surface area is 92.5 Å². The summed E-state index contributed by atoms with van der Waals surface area (Å²) in [6.45, 7) is 1.84. The Morgan fingerprint density at radius 2 is 2.12 bits per heavy atom. The molecule has 3 rings (SSSR count). The van der Waals surface area contributed by atoms with Gasteiger partial charge in [-0.05, 0) is 12.1 Å². The average molecular weight is 216 g/mol. The summed E-state index contributed by atoms with van der Waals surface area (Å²) in [4.78, 5) is 16.7. The Balaban J connectivity index is 2.34. The quantitative estimate of drug-likeness (QED) is 0.659. The molecule has 1 aliphatic rings. The molecule has 0 bridgehead atoms. The third-order valence-electron chi connectivity index (χ3n) is 2.87. The van der Waals surface area contributed by atoms with Gasteiger partial charge in [-0.2, -0.15) is 0 Å². The normalized spacial score (nSPS) is 15.8. The van der Waals surface area contributed by atoms with Crippen LogP contribution >= 0.6 is 0 Å². The SMILES string of the molecule is O=c1c2ccccc2nc2n1CCOCC2. The minimum absolute atomic E-state index is 0.0473. The number of nitrogens with zero attached hydrogens (tertiary/aromatic N) is 2. The molecule has 0 unspecified atom stereocenters. The molecule has 4 heteroatoms. The average Bonchev–Trinajstić information content (AvgIpc) is 2.55. The van der Waals surface area contributed by atoms with Crippen LogP contribution in [0, 0.1) is 0 Å². The maximum Gasteiger partial charge on any atom is 0.261 e. The minimum Gasteiger partial charge on any atom is -0.379 e. The Morgan fingerprint density at radius 1 is 1.25 bits per heavy atom. The van der Waals surface area contributed by atoms with E-state index in [1.54, 1.807) is 4.57 Å². The summed E-state index contributed by atoms with van der Waals surface area (Å²) < 4.78 is 7.09. The molecular weight excluding hydrogens is 204 g/mol. The molecule has 0 fully saturated rings. The van der Waals surface area contributed by atoms with Gasteiger partial charge in [0.25, 0.3) is 5.56 Å². The zero-order valence-corrected chi connectivity index (χ0v) is 8.85. The second-order valence-corrected chi connectivity index (χ2v) is 3.86. The van der Waals surface area contributed by atoms with Crippen LogP contribution in [0.25, 0.3) is 10.9 Å². The van der Waals surface area contributed by atoms with E-state index in [4.69, 9.17) is 4.74 Å². The van der Waals surface area contributed by atoms with E-state index in [9.17, 15) is 4.79 Å². The summed E-state index contributed by atoms with van der Waals surface area (Å²) >= 11 is 0. The van der Waals surface area contributed by atoms with Crippen LogP contribution in [0.15, 0.2) is 29.1 Å². The Kier molecular flexibility index (Phi) is 2.22. The first-order chi connectivity index (χ1) is 7.86. The van der Waals surface area contributed by atoms with Crippen LogP contribution in [-0.2, 0) is 17.7 Å². The second-order valence-electron chi connectivity index (χ2n) is 3.86. The lowest BCUT2D eigenvalue weighted by Crippen LogP contribution is -2.25. The van der Waals surface area contributed by atoms with Gasteiger partial charge >= 0.3 is 0 Å². The highest BCUT2D eigenvalue weighted by atomic mass is 16.5. The Morgan fingerprint density at radius 3 is 3.06 bits per heavy atom. The van der Waals surface area contributed by atoms with Gasteiger partial charge in [-0.3, -0.25) is 9.36 Å². The third kappa shape index (κ3) is 1.42. The van der Waals surface area contributed by atoms with Crippen molar-refractivity contribution >= 4 is 10.9 Å². The molecule has 0 radical (unpaired) electrons. The fraction of sp³-hybridized carbons (Fsp3) is 0.333. The van der Waals surface area contributed by atoms with Gasteiger partial charge in [-0.1, -0.05) is 12.1 Å². The fourth-order valence-electron chi connectivity index (χ4n) is 2.06. The van der Waals surface area contributed by atoms with Gasteiger partial charge in [-0.15, -0.1) is 0 Å². The smallest absolute Gasteiger partial charge is 0.261 e. The van der Waals surface area contributed by atoms with E-state index < -0.39 is 0 Å². The molecular formula is C12H12N2O2. The van der Waals surface area contributed by atoms with Crippen molar-refractivity contribution in [1.82, 2.24) is 9.55 Å². The zero-order valence-electron chi connectivity index (χ0n) is 8.85. The first-order valence-corrected chi connectivity index (χ1v) is 5.42. The number of rotatable bonds is 0. The number of fused-ring (bicyclic) bond motifs is 2. The maximum absolute atomic E-state index is 12.2. The van der Waals surface area contributed by atoms with Crippen molar-refractivity contribution in [2.75, 3.05) is 13.2 Å². The van der Waals surface area contributed by atoms with Crippen molar-refractivity contribution in [3.63, 3.8) is 0 Å². The van der Waals surface area contributed by atoms with Crippen molar-refractivity contribution in [2.45, 2.75) is 13.0 Å². The van der Waals surface area contributed by atoms with Gasteiger partial charge in [0.1, 0.15) is 5.82 Å². The maximum atomic E-state index is 12.2. The van der Waals surface area contributed by atoms with E-state index in [-0.39, 0.29) is 5.56 Å². The Bertz CT molecular complexity index is 589. The number of ether oxygens (including phenoxy) is 1. The van der Waals surface area contributed by atoms with E-state index in [1.807, 2.05) is 24.3 Å². The summed E-state index contributed by atoms with van der Waals surface area (Å²) in [6, 6.07) is 7.47. The lowest BCUT2D eigenvalue weighted by atomic mass is 10.2. The van der Waals surface area contributed by atoms with Gasteiger partial charge < -0.3 is 4.74 Å². The van der Waals surface area contributed by atoms with Crippen LogP contribution in [-0.4, -0.2) is 22.8 Å². The fourth-order valence-corrected chi connectivity index (χ4v) is 2.06. The molecule has 0 aliphatic carbocycles. The molecule has 1 aliphatic heterocycles. The third-order valence-corrected chi connectivity index (χ3v) is 2.87. The molecule has 1 aromatic heterocycles. The van der Waals surface area contributed by atoms with E-state index in [0.29, 0.717) is 31.6 Å². The van der Waals surface area contributed by atoms with Crippen LogP contribution < -0.4 is 5.56 Å². The standard InChI is InChI=1S/C12H12N2O2/c15-12-9-3-1-2-4-10(9)13-11-5-7-16-8-6-14(11)12/h1-4H,5-8H2. The highest BCUT2D eigenvalue weighted by Gasteiger charge is 2.12. The van der Waals surface area contributed by atoms with Gasteiger partial charge in [0.15, 0.2) is 0 Å². The molecule has 0 amide bonds. The first kappa shape index (κ1) is 9.54. The molecule has 0 N–H and O–H groups in total. The highest BCUT2D eigenvalue weighted by Crippen LogP contribution is 2.09. The molecule has 2 heterocycles. The van der Waals surface area contributed by atoms with Crippen molar-refractivity contribution in [3.05, 3.63) is 40.4 Å². The van der Waals surface area contributed by atoms with E-state index in [0.717, 1.165) is 11.3 Å². The summed E-state index contributed by atoms with van der Waals surface area (Å²) in [7, 11) is 0. The monoisotopic (exact) mass is 216 g/mol. The van der Waals surface area contributed by atoms with Crippen molar-refractivity contribution < 1.29 is 4.74 Å². The highest BCUT2D eigenvalue weighted by molar-refractivity contribution is 5.77. The number of benzene rings is 1. The summed E-state index contributed by atoms with van der Waals surface area (Å²) in [5, 5.41) is 0.688. The number of hydrogen-bond acceptors (Lipinski definition) is 3. The summed E-state index contributed by atoms with van der Waals surface area (Å²) in [5.74, 6) is 0.834. The molecule has 0 saturated heterocycles. The molecule has 4 nitrogen and oxygen atoms in total. The zero-order chi connectivity index (χ0) is 11.0. The number of aromatic nitrogens is 2. The topological polar surface area (TPSA) is 44.1 Å². The van der Waals surface area contributed by atoms with Crippen LogP contribution in [0.4, 0.5) is 0 Å². The largest absolute Gasteiger partial charge is 0.379 e. The predicted octanol–water partition coefficient (Wildman–Crippen LogP) is 0.969. The molecule has 0 spiro atoms. The van der Waals surface area contributed by atoms with Crippen LogP contribution in [0.2, 0.25) is 0 Å². The lowest BCUT2D eigenvalue weighted by molar-refractivity contribution is 0.140. The second kappa shape index (κ2) is 3.72. The number of hydrogen-bond donors (Lipinski definition) is 0. The van der Waals surface area contributed by atoms with E-state index >= 15 is 0 Å². The van der Waals surface area contributed by atoms with Gasteiger partial charge in [0.2, 0.25) is 0 Å². The molecule has 2 aromatic rings. The van der Waals surface area contributed by atoms with Crippen LogP contribution in [0.3, 0.4) is 0 Å². The van der Waals surface area contributed by atoms with E-state index in [1.165, 1.54) is 0 Å². The van der Waals surface area contributed by atoms with Crippen molar-refractivity contribution in [2.24, 2.45) is 0 Å². The van der Waals surface area contributed by atoms with E-state index in [2.05, 4.69) is 4.98 Å². The molecule has 82 valence electrons. The lowest BCUT2D eigenvalue weighted by Gasteiger charge is -2.08. The molecule has 0 saturated carbocycles. The van der Waals surface area contributed by atoms with Crippen LogP contribution in [0.5, 0.6) is 0 Å². The minimum atomic E-state index is 0.0473. The molecule has 1 aromatic carbocycles. The predicted molar refractivity (Wildman–Crippen MR) is 60.5 cm³/mol. The summed E-state index contributed by atoms with van der Waals surface area (Å²) in [5.41, 5.74) is 0.826. The number of para-hydroxylation sites is 1. The molecule has 0 atom stereocenters. The van der Waals surface area contributed by atoms with Gasteiger partial charge in [0, 0.05) is 6.42 Å². The summed E-state index contributed by atoms with van der Waals surface area (Å²) in [6.07, 6.45) is 0.708. The first-order valence-electron chi connectivity index (χ1n) is 5.42. The van der Waals surface area contributed by atoms with Gasteiger partial charge in [0.05, 0.1) is 30.7 Å². The van der Waals surface area contributed by atoms with Crippen LogP contribution in [0.1, 0.15) is 5.82 Å². The molecule has 16 heavy (non-hydrogen) atoms.